The number of ketones is 1. The molecule has 1 saturated heterocycles. The molecule has 5 heteroatoms. The molecule has 17 heavy (non-hydrogen) atoms. The van der Waals surface area contributed by atoms with Crippen LogP contribution >= 0.6 is 11.6 Å². The van der Waals surface area contributed by atoms with E-state index in [4.69, 9.17) is 26.8 Å². The van der Waals surface area contributed by atoms with Gasteiger partial charge in [-0.1, -0.05) is 11.6 Å². The Hall–Kier alpha value is -1.10. The molecule has 0 amide bonds. The summed E-state index contributed by atoms with van der Waals surface area (Å²) < 4.78 is 10.1. The molecule has 1 heterocycles. The molecule has 92 valence electrons. The van der Waals surface area contributed by atoms with Gasteiger partial charge >= 0.3 is 0 Å². The Kier molecular flexibility index (Phi) is 3.38. The number of Topliss-reactive ketones (excluding diaryl/α,β-unsaturated/α-hetero) is 1. The van der Waals surface area contributed by atoms with Gasteiger partial charge in [0, 0.05) is 12.1 Å². The van der Waals surface area contributed by atoms with Crippen LogP contribution < -0.4 is 10.5 Å². The lowest BCUT2D eigenvalue weighted by Gasteiger charge is -2.38. The summed E-state index contributed by atoms with van der Waals surface area (Å²) in [4.78, 5) is 12.3. The van der Waals surface area contributed by atoms with Crippen molar-refractivity contribution in [1.29, 1.82) is 0 Å². The van der Waals surface area contributed by atoms with Gasteiger partial charge in [0.25, 0.3) is 0 Å². The number of ether oxygens (including phenoxy) is 2. The summed E-state index contributed by atoms with van der Waals surface area (Å²) in [7, 11) is 1.53. The number of methoxy groups -OCH3 is 1. The van der Waals surface area contributed by atoms with Gasteiger partial charge in [0.2, 0.25) is 0 Å². The van der Waals surface area contributed by atoms with E-state index < -0.39 is 5.41 Å². The highest BCUT2D eigenvalue weighted by atomic mass is 35.5. The van der Waals surface area contributed by atoms with E-state index in [1.54, 1.807) is 18.2 Å². The molecule has 0 atom stereocenters. The number of benzene rings is 1. The molecule has 0 aliphatic carbocycles. The summed E-state index contributed by atoms with van der Waals surface area (Å²) in [5, 5.41) is 0.422. The maximum atomic E-state index is 12.3. The predicted molar refractivity (Wildman–Crippen MR) is 64.6 cm³/mol. The zero-order valence-corrected chi connectivity index (χ0v) is 10.3. The van der Waals surface area contributed by atoms with E-state index >= 15 is 0 Å². The number of carbonyl (C=O) groups is 1. The quantitative estimate of drug-likeness (QED) is 0.829. The average Bonchev–Trinajstić information content (AvgIpc) is 2.28. The summed E-state index contributed by atoms with van der Waals surface area (Å²) in [6.07, 6.45) is 0. The largest absolute Gasteiger partial charge is 0.495 e. The van der Waals surface area contributed by atoms with Gasteiger partial charge in [-0.3, -0.25) is 4.79 Å². The summed E-state index contributed by atoms with van der Waals surface area (Å²) in [6.45, 7) is 1.05. The van der Waals surface area contributed by atoms with Gasteiger partial charge in [0.15, 0.2) is 5.78 Å². The van der Waals surface area contributed by atoms with Crippen LogP contribution in [0, 0.1) is 5.41 Å². The third kappa shape index (κ3) is 2.04. The van der Waals surface area contributed by atoms with Crippen LogP contribution in [0.4, 0.5) is 0 Å². The Bertz CT molecular complexity index is 438. The van der Waals surface area contributed by atoms with Crippen LogP contribution in [0.15, 0.2) is 18.2 Å². The first-order valence-corrected chi connectivity index (χ1v) is 5.67. The Morgan fingerprint density at radius 3 is 2.71 bits per heavy atom. The molecule has 0 saturated carbocycles. The summed E-state index contributed by atoms with van der Waals surface area (Å²) in [5.74, 6) is 0.533. The molecule has 0 spiro atoms. The van der Waals surface area contributed by atoms with Gasteiger partial charge in [-0.25, -0.2) is 0 Å². The van der Waals surface area contributed by atoms with E-state index in [0.717, 1.165) is 0 Å². The Balaban J connectivity index is 2.28. The first kappa shape index (κ1) is 12.4. The fraction of sp³-hybridized carbons (Fsp3) is 0.417. The fourth-order valence-electron chi connectivity index (χ4n) is 1.80. The van der Waals surface area contributed by atoms with Gasteiger partial charge in [-0.15, -0.1) is 0 Å². The second-order valence-corrected chi connectivity index (χ2v) is 4.56. The lowest BCUT2D eigenvalue weighted by atomic mass is 9.78. The molecule has 1 aromatic rings. The van der Waals surface area contributed by atoms with Crippen LogP contribution in [0.25, 0.3) is 0 Å². The first-order valence-electron chi connectivity index (χ1n) is 5.29. The summed E-state index contributed by atoms with van der Waals surface area (Å²) in [6, 6.07) is 4.99. The van der Waals surface area contributed by atoms with Crippen molar-refractivity contribution < 1.29 is 14.3 Å². The third-order valence-electron chi connectivity index (χ3n) is 3.04. The molecular formula is C12H14ClNO3. The van der Waals surface area contributed by atoms with Crippen molar-refractivity contribution in [2.45, 2.75) is 0 Å². The number of halogens is 1. The van der Waals surface area contributed by atoms with Gasteiger partial charge in [0.1, 0.15) is 5.75 Å². The van der Waals surface area contributed by atoms with Crippen molar-refractivity contribution in [3.05, 3.63) is 28.8 Å². The Labute approximate surface area is 105 Å². The van der Waals surface area contributed by atoms with Crippen LogP contribution in [0.3, 0.4) is 0 Å². The smallest absolute Gasteiger partial charge is 0.174 e. The van der Waals surface area contributed by atoms with Crippen LogP contribution in [0.2, 0.25) is 5.02 Å². The SMILES string of the molecule is COc1ccc(C(=O)C2(CN)COC2)cc1Cl. The van der Waals surface area contributed by atoms with Crippen LogP contribution in [-0.4, -0.2) is 32.7 Å². The number of rotatable bonds is 4. The van der Waals surface area contributed by atoms with Gasteiger partial charge in [-0.2, -0.15) is 0 Å². The highest BCUT2D eigenvalue weighted by Gasteiger charge is 2.44. The van der Waals surface area contributed by atoms with E-state index in [1.165, 1.54) is 7.11 Å². The van der Waals surface area contributed by atoms with Crippen molar-refractivity contribution in [2.75, 3.05) is 26.9 Å². The summed E-state index contributed by atoms with van der Waals surface area (Å²) in [5.41, 5.74) is 5.62. The van der Waals surface area contributed by atoms with Crippen molar-refractivity contribution in [3.63, 3.8) is 0 Å². The van der Waals surface area contributed by atoms with Crippen molar-refractivity contribution in [1.82, 2.24) is 0 Å². The minimum atomic E-state index is -0.572. The minimum absolute atomic E-state index is 0.0178. The summed E-state index contributed by atoms with van der Waals surface area (Å²) >= 11 is 5.99. The van der Waals surface area contributed by atoms with Crippen LogP contribution in [0.5, 0.6) is 5.75 Å². The number of carbonyl (C=O) groups excluding carboxylic acids is 1. The molecule has 4 nitrogen and oxygen atoms in total. The monoisotopic (exact) mass is 255 g/mol. The highest BCUT2D eigenvalue weighted by Crippen LogP contribution is 2.33. The lowest BCUT2D eigenvalue weighted by molar-refractivity contribution is -0.0816. The van der Waals surface area contributed by atoms with E-state index in [9.17, 15) is 4.79 Å². The minimum Gasteiger partial charge on any atom is -0.495 e. The van der Waals surface area contributed by atoms with Crippen LogP contribution in [0.1, 0.15) is 10.4 Å². The molecule has 0 unspecified atom stereocenters. The predicted octanol–water partition coefficient (Wildman–Crippen LogP) is 1.51. The second-order valence-electron chi connectivity index (χ2n) is 4.16. The first-order chi connectivity index (χ1) is 8.13. The molecule has 2 rings (SSSR count). The maximum absolute atomic E-state index is 12.3. The number of hydrogen-bond acceptors (Lipinski definition) is 4. The van der Waals surface area contributed by atoms with Gasteiger partial charge in [-0.05, 0) is 18.2 Å². The molecular weight excluding hydrogens is 242 g/mol. The topological polar surface area (TPSA) is 61.5 Å². The average molecular weight is 256 g/mol. The van der Waals surface area contributed by atoms with E-state index in [2.05, 4.69) is 0 Å². The third-order valence-corrected chi connectivity index (χ3v) is 3.34. The lowest BCUT2D eigenvalue weighted by Crippen LogP contribution is -2.54. The molecule has 1 fully saturated rings. The van der Waals surface area contributed by atoms with Crippen LogP contribution in [-0.2, 0) is 4.74 Å². The molecule has 1 aliphatic heterocycles. The van der Waals surface area contributed by atoms with E-state index in [-0.39, 0.29) is 12.3 Å². The fourth-order valence-corrected chi connectivity index (χ4v) is 2.06. The highest BCUT2D eigenvalue weighted by molar-refractivity contribution is 6.32. The van der Waals surface area contributed by atoms with Crippen molar-refractivity contribution >= 4 is 17.4 Å². The second kappa shape index (κ2) is 4.64. The normalized spacial score (nSPS) is 17.4. The van der Waals surface area contributed by atoms with Gasteiger partial charge in [0.05, 0.1) is 30.8 Å². The molecule has 1 aliphatic rings. The van der Waals surface area contributed by atoms with Gasteiger partial charge < -0.3 is 15.2 Å². The molecule has 0 aromatic heterocycles. The molecule has 0 bridgehead atoms. The standard InChI is InChI=1S/C12H14ClNO3/c1-16-10-3-2-8(4-9(10)13)11(15)12(5-14)6-17-7-12/h2-4H,5-7,14H2,1H3. The Morgan fingerprint density at radius 1 is 1.59 bits per heavy atom. The molecule has 1 aromatic carbocycles. The van der Waals surface area contributed by atoms with E-state index in [0.29, 0.717) is 29.5 Å². The maximum Gasteiger partial charge on any atom is 0.174 e. The zero-order valence-electron chi connectivity index (χ0n) is 9.53. The van der Waals surface area contributed by atoms with E-state index in [1.807, 2.05) is 0 Å². The number of hydrogen-bond donors (Lipinski definition) is 1. The molecule has 2 N–H and O–H groups in total. The number of nitrogens with two attached hydrogens (primary N) is 1. The zero-order chi connectivity index (χ0) is 12.5. The van der Waals surface area contributed by atoms with Crippen molar-refractivity contribution in [3.8, 4) is 5.75 Å². The molecule has 0 radical (unpaired) electrons. The van der Waals surface area contributed by atoms with Crippen molar-refractivity contribution in [2.24, 2.45) is 11.1 Å². The Morgan fingerprint density at radius 2 is 2.29 bits per heavy atom.